The van der Waals surface area contributed by atoms with Crippen LogP contribution in [0.5, 0.6) is 11.9 Å². The van der Waals surface area contributed by atoms with Crippen LogP contribution in [-0.4, -0.2) is 38.4 Å². The molecule has 3 aromatic carbocycles. The van der Waals surface area contributed by atoms with E-state index in [-0.39, 0.29) is 28.4 Å². The molecule has 1 aromatic heterocycles. The summed E-state index contributed by atoms with van der Waals surface area (Å²) in [5.74, 6) is 0.0121. The van der Waals surface area contributed by atoms with E-state index in [1.165, 1.54) is 44.7 Å². The summed E-state index contributed by atoms with van der Waals surface area (Å²) in [5.41, 5.74) is 1.21. The molecule has 0 atom stereocenters. The second-order valence-electron chi connectivity index (χ2n) is 7.28. The first-order chi connectivity index (χ1) is 16.9. The zero-order valence-corrected chi connectivity index (χ0v) is 19.7. The van der Waals surface area contributed by atoms with E-state index in [0.717, 1.165) is 10.8 Å². The van der Waals surface area contributed by atoms with E-state index in [4.69, 9.17) is 9.47 Å². The third kappa shape index (κ3) is 5.56. The number of hydrogen-bond acceptors (Lipinski definition) is 8. The van der Waals surface area contributed by atoms with Crippen molar-refractivity contribution in [2.45, 2.75) is 4.90 Å². The third-order valence-corrected chi connectivity index (χ3v) is 6.39. The average Bonchev–Trinajstić information content (AvgIpc) is 2.88. The van der Waals surface area contributed by atoms with Gasteiger partial charge in [0.05, 0.1) is 19.1 Å². The Balaban J connectivity index is 1.44. The van der Waals surface area contributed by atoms with Crippen LogP contribution in [0.15, 0.2) is 90.0 Å². The Kier molecular flexibility index (Phi) is 6.93. The normalized spacial score (nSPS) is 11.4. The number of rotatable bonds is 9. The van der Waals surface area contributed by atoms with Crippen LogP contribution in [0.4, 0.5) is 11.5 Å². The molecule has 0 radical (unpaired) electrons. The summed E-state index contributed by atoms with van der Waals surface area (Å²) in [6.45, 7) is 0. The molecule has 0 saturated carbocycles. The maximum absolute atomic E-state index is 12.7. The predicted molar refractivity (Wildman–Crippen MR) is 133 cm³/mol. The van der Waals surface area contributed by atoms with Gasteiger partial charge >= 0.3 is 6.01 Å². The molecule has 0 aliphatic rings. The molecule has 0 bridgehead atoms. The van der Waals surface area contributed by atoms with Gasteiger partial charge in [-0.05, 0) is 35.0 Å². The van der Waals surface area contributed by atoms with Crippen LogP contribution in [-0.2, 0) is 10.0 Å². The van der Waals surface area contributed by atoms with Crippen LogP contribution in [0.1, 0.15) is 10.4 Å². The molecule has 4 aromatic rings. The number of carbonyl (C=O) groups is 1. The van der Waals surface area contributed by atoms with Gasteiger partial charge in [0.1, 0.15) is 0 Å². The van der Waals surface area contributed by atoms with Crippen molar-refractivity contribution in [3.8, 4) is 11.9 Å². The highest BCUT2D eigenvalue weighted by Crippen LogP contribution is 2.22. The standard InChI is InChI=1S/C25H22N4O5S/c1-33-24-16-23(27-25(28-24)34-2)29-35(31,32)19-12-10-18(11-13-19)26-15-14-22(30)21-9-5-7-17-6-3-4-8-20(17)21/h3-16,26H,1-2H3,(H,27,28,29). The zero-order chi connectivity index (χ0) is 24.8. The van der Waals surface area contributed by atoms with Crippen LogP contribution in [0.3, 0.4) is 0 Å². The van der Waals surface area contributed by atoms with Gasteiger partial charge in [0.25, 0.3) is 10.0 Å². The van der Waals surface area contributed by atoms with Crippen molar-refractivity contribution < 1.29 is 22.7 Å². The molecule has 4 rings (SSSR count). The topological polar surface area (TPSA) is 120 Å². The number of fused-ring (bicyclic) bond motifs is 1. The highest BCUT2D eigenvalue weighted by molar-refractivity contribution is 7.92. The quantitative estimate of drug-likeness (QED) is 0.264. The van der Waals surface area contributed by atoms with Crippen LogP contribution in [0.25, 0.3) is 10.8 Å². The van der Waals surface area contributed by atoms with E-state index in [1.807, 2.05) is 36.4 Å². The van der Waals surface area contributed by atoms with Crippen molar-refractivity contribution in [1.29, 1.82) is 0 Å². The average molecular weight is 491 g/mol. The van der Waals surface area contributed by atoms with Crippen molar-refractivity contribution in [1.82, 2.24) is 9.97 Å². The van der Waals surface area contributed by atoms with Gasteiger partial charge in [-0.15, -0.1) is 0 Å². The summed E-state index contributed by atoms with van der Waals surface area (Å²) in [5, 5.41) is 4.85. The maximum atomic E-state index is 12.7. The number of methoxy groups -OCH3 is 2. The summed E-state index contributed by atoms with van der Waals surface area (Å²) in [4.78, 5) is 20.6. The first kappa shape index (κ1) is 23.7. The molecule has 0 saturated heterocycles. The highest BCUT2D eigenvalue weighted by Gasteiger charge is 2.17. The number of ketones is 1. The lowest BCUT2D eigenvalue weighted by molar-refractivity contribution is 0.104. The second-order valence-corrected chi connectivity index (χ2v) is 8.96. The monoisotopic (exact) mass is 490 g/mol. The maximum Gasteiger partial charge on any atom is 0.321 e. The molecule has 0 unspecified atom stereocenters. The molecule has 10 heteroatoms. The Morgan fingerprint density at radius 1 is 0.914 bits per heavy atom. The van der Waals surface area contributed by atoms with Gasteiger partial charge in [-0.3, -0.25) is 9.52 Å². The van der Waals surface area contributed by atoms with Gasteiger partial charge in [-0.25, -0.2) is 8.42 Å². The number of anilines is 2. The fraction of sp³-hybridized carbons (Fsp3) is 0.0800. The van der Waals surface area contributed by atoms with E-state index in [0.29, 0.717) is 11.3 Å². The largest absolute Gasteiger partial charge is 0.481 e. The molecule has 0 aliphatic heterocycles. The molecular weight excluding hydrogens is 468 g/mol. The number of hydrogen-bond donors (Lipinski definition) is 2. The van der Waals surface area contributed by atoms with Crippen molar-refractivity contribution >= 4 is 38.1 Å². The molecule has 0 spiro atoms. The SMILES string of the molecule is COc1cc(NS(=O)(=O)c2ccc(NC=CC(=O)c3cccc4ccccc34)cc2)nc(OC)n1. The third-order valence-electron chi connectivity index (χ3n) is 5.02. The molecule has 9 nitrogen and oxygen atoms in total. The molecule has 178 valence electrons. The van der Waals surface area contributed by atoms with Gasteiger partial charge in [0.2, 0.25) is 5.88 Å². The number of carbonyl (C=O) groups excluding carboxylic acids is 1. The summed E-state index contributed by atoms with van der Waals surface area (Å²) in [6, 6.07) is 20.6. The van der Waals surface area contributed by atoms with E-state index in [1.54, 1.807) is 18.2 Å². The van der Waals surface area contributed by atoms with Gasteiger partial charge in [-0.1, -0.05) is 42.5 Å². The zero-order valence-electron chi connectivity index (χ0n) is 18.9. The Bertz CT molecular complexity index is 1470. The van der Waals surface area contributed by atoms with Gasteiger partial charge in [0.15, 0.2) is 11.6 Å². The fourth-order valence-electron chi connectivity index (χ4n) is 3.32. The summed E-state index contributed by atoms with van der Waals surface area (Å²) in [7, 11) is -1.16. The molecule has 1 heterocycles. The van der Waals surface area contributed by atoms with E-state index < -0.39 is 10.0 Å². The Morgan fingerprint density at radius 2 is 1.66 bits per heavy atom. The summed E-state index contributed by atoms with van der Waals surface area (Å²) in [6.07, 6.45) is 2.95. The minimum Gasteiger partial charge on any atom is -0.481 e. The first-order valence-corrected chi connectivity index (χ1v) is 11.9. The number of benzene rings is 3. The number of ether oxygens (including phenoxy) is 2. The highest BCUT2D eigenvalue weighted by atomic mass is 32.2. The summed E-state index contributed by atoms with van der Waals surface area (Å²) >= 11 is 0. The van der Waals surface area contributed by atoms with Gasteiger partial charge < -0.3 is 14.8 Å². The fourth-order valence-corrected chi connectivity index (χ4v) is 4.31. The van der Waals surface area contributed by atoms with Crippen molar-refractivity contribution in [2.24, 2.45) is 0 Å². The number of nitrogens with zero attached hydrogens (tertiary/aromatic N) is 2. The van der Waals surface area contributed by atoms with Gasteiger partial charge in [0, 0.05) is 29.6 Å². The van der Waals surface area contributed by atoms with Crippen LogP contribution < -0.4 is 19.5 Å². The van der Waals surface area contributed by atoms with E-state index in [2.05, 4.69) is 20.0 Å². The van der Waals surface area contributed by atoms with Crippen molar-refractivity contribution in [2.75, 3.05) is 24.3 Å². The van der Waals surface area contributed by atoms with Crippen LogP contribution in [0.2, 0.25) is 0 Å². The molecule has 2 N–H and O–H groups in total. The first-order valence-electron chi connectivity index (χ1n) is 10.4. The minimum atomic E-state index is -3.92. The summed E-state index contributed by atoms with van der Waals surface area (Å²) < 4.78 is 37.9. The molecule has 0 fully saturated rings. The number of aromatic nitrogens is 2. The Labute approximate surface area is 202 Å². The lowest BCUT2D eigenvalue weighted by Crippen LogP contribution is -2.14. The molecule has 0 aliphatic carbocycles. The number of allylic oxidation sites excluding steroid dienone is 1. The van der Waals surface area contributed by atoms with Gasteiger partial charge in [-0.2, -0.15) is 9.97 Å². The number of sulfonamides is 1. The Hall–Kier alpha value is -4.44. The molecular formula is C25H22N4O5S. The van der Waals surface area contributed by atoms with Crippen molar-refractivity contribution in [3.63, 3.8) is 0 Å². The number of nitrogens with one attached hydrogen (secondary N) is 2. The molecule has 35 heavy (non-hydrogen) atoms. The van der Waals surface area contributed by atoms with E-state index >= 15 is 0 Å². The predicted octanol–water partition coefficient (Wildman–Crippen LogP) is 4.26. The smallest absolute Gasteiger partial charge is 0.321 e. The lowest BCUT2D eigenvalue weighted by Gasteiger charge is -2.10. The Morgan fingerprint density at radius 3 is 2.40 bits per heavy atom. The van der Waals surface area contributed by atoms with Crippen LogP contribution in [0, 0.1) is 0 Å². The van der Waals surface area contributed by atoms with Crippen LogP contribution >= 0.6 is 0 Å². The minimum absolute atomic E-state index is 0.00535. The lowest BCUT2D eigenvalue weighted by atomic mass is 10.0. The van der Waals surface area contributed by atoms with E-state index in [9.17, 15) is 13.2 Å². The second kappa shape index (κ2) is 10.2. The molecule has 0 amide bonds. The van der Waals surface area contributed by atoms with Crippen molar-refractivity contribution in [3.05, 3.63) is 90.6 Å².